The Hall–Kier alpha value is -2.57. The van der Waals surface area contributed by atoms with E-state index in [0.29, 0.717) is 44.5 Å². The van der Waals surface area contributed by atoms with Crippen LogP contribution < -0.4 is 9.64 Å². The first kappa shape index (κ1) is 18.2. The Bertz CT molecular complexity index is 719. The van der Waals surface area contributed by atoms with Crippen LogP contribution in [0.4, 0.5) is 6.01 Å². The summed E-state index contributed by atoms with van der Waals surface area (Å²) >= 11 is 0. The van der Waals surface area contributed by atoms with E-state index in [-0.39, 0.29) is 11.8 Å². The molecular weight excluding hydrogens is 332 g/mol. The summed E-state index contributed by atoms with van der Waals surface area (Å²) in [5.41, 5.74) is 1.14. The van der Waals surface area contributed by atoms with E-state index in [0.717, 1.165) is 17.7 Å². The smallest absolute Gasteiger partial charge is 0.318 e. The van der Waals surface area contributed by atoms with Crippen molar-refractivity contribution >= 4 is 11.9 Å². The molecular formula is C19H26N4O3. The highest BCUT2D eigenvalue weighted by molar-refractivity contribution is 5.76. The summed E-state index contributed by atoms with van der Waals surface area (Å²) < 4.78 is 10.8. The van der Waals surface area contributed by atoms with Gasteiger partial charge in [0.25, 0.3) is 0 Å². The van der Waals surface area contributed by atoms with Crippen molar-refractivity contribution in [3.63, 3.8) is 0 Å². The summed E-state index contributed by atoms with van der Waals surface area (Å²) in [6.07, 6.45) is 1.26. The van der Waals surface area contributed by atoms with Gasteiger partial charge in [-0.25, -0.2) is 0 Å². The molecule has 0 unspecified atom stereocenters. The number of hydrogen-bond acceptors (Lipinski definition) is 6. The van der Waals surface area contributed by atoms with Gasteiger partial charge in [-0.2, -0.15) is 0 Å². The SMILES string of the molecule is COc1ccc(CCC(=O)N2CCN(c3nnc(C(C)C)o3)CC2)cc1. The second-order valence-corrected chi connectivity index (χ2v) is 6.79. The van der Waals surface area contributed by atoms with Crippen molar-refractivity contribution in [2.75, 3.05) is 38.2 Å². The molecule has 1 saturated heterocycles. The summed E-state index contributed by atoms with van der Waals surface area (Å²) in [4.78, 5) is 16.4. The van der Waals surface area contributed by atoms with E-state index in [4.69, 9.17) is 9.15 Å². The highest BCUT2D eigenvalue weighted by Gasteiger charge is 2.24. The van der Waals surface area contributed by atoms with Crippen LogP contribution in [0.25, 0.3) is 0 Å². The zero-order valence-electron chi connectivity index (χ0n) is 15.6. The monoisotopic (exact) mass is 358 g/mol. The molecule has 1 aromatic heterocycles. The molecule has 0 spiro atoms. The molecule has 7 heteroatoms. The fourth-order valence-electron chi connectivity index (χ4n) is 2.94. The maximum atomic E-state index is 12.5. The van der Waals surface area contributed by atoms with Crippen LogP contribution in [0.15, 0.2) is 28.7 Å². The number of nitrogens with zero attached hydrogens (tertiary/aromatic N) is 4. The van der Waals surface area contributed by atoms with Crippen molar-refractivity contribution in [3.05, 3.63) is 35.7 Å². The molecule has 1 amide bonds. The number of ether oxygens (including phenoxy) is 1. The van der Waals surface area contributed by atoms with Crippen molar-refractivity contribution in [1.29, 1.82) is 0 Å². The number of rotatable bonds is 6. The standard InChI is InChI=1S/C19H26N4O3/c1-14(2)18-20-21-19(26-18)23-12-10-22(11-13-23)17(24)9-6-15-4-7-16(25-3)8-5-15/h4-5,7-8,14H,6,9-13H2,1-3H3. The van der Waals surface area contributed by atoms with Gasteiger partial charge in [0.05, 0.1) is 7.11 Å². The summed E-state index contributed by atoms with van der Waals surface area (Å²) in [6, 6.07) is 8.42. The third-order valence-corrected chi connectivity index (χ3v) is 4.61. The number of carbonyl (C=O) groups excluding carboxylic acids is 1. The Kier molecular flexibility index (Phi) is 5.75. The Labute approximate surface area is 153 Å². The van der Waals surface area contributed by atoms with Crippen molar-refractivity contribution in [1.82, 2.24) is 15.1 Å². The van der Waals surface area contributed by atoms with Crippen molar-refractivity contribution in [2.45, 2.75) is 32.6 Å². The van der Waals surface area contributed by atoms with Crippen molar-refractivity contribution in [2.24, 2.45) is 0 Å². The largest absolute Gasteiger partial charge is 0.497 e. The number of aromatic nitrogens is 2. The lowest BCUT2D eigenvalue weighted by molar-refractivity contribution is -0.131. The van der Waals surface area contributed by atoms with Crippen LogP contribution in [0.5, 0.6) is 5.75 Å². The normalized spacial score (nSPS) is 14.8. The molecule has 0 N–H and O–H groups in total. The highest BCUT2D eigenvalue weighted by Crippen LogP contribution is 2.20. The van der Waals surface area contributed by atoms with Gasteiger partial charge in [0.2, 0.25) is 11.8 Å². The van der Waals surface area contributed by atoms with Crippen LogP contribution in [0.2, 0.25) is 0 Å². The fourth-order valence-corrected chi connectivity index (χ4v) is 2.94. The molecule has 26 heavy (non-hydrogen) atoms. The molecule has 0 atom stereocenters. The first-order valence-corrected chi connectivity index (χ1v) is 9.06. The number of piperazine rings is 1. The van der Waals surface area contributed by atoms with E-state index in [1.807, 2.05) is 47.9 Å². The fraction of sp³-hybridized carbons (Fsp3) is 0.526. The number of methoxy groups -OCH3 is 1. The lowest BCUT2D eigenvalue weighted by Crippen LogP contribution is -2.49. The van der Waals surface area contributed by atoms with E-state index in [9.17, 15) is 4.79 Å². The molecule has 0 radical (unpaired) electrons. The number of amides is 1. The summed E-state index contributed by atoms with van der Waals surface area (Å²) in [5, 5.41) is 8.19. The van der Waals surface area contributed by atoms with Crippen LogP contribution in [0, 0.1) is 0 Å². The molecule has 0 bridgehead atoms. The van der Waals surface area contributed by atoms with Gasteiger partial charge in [0, 0.05) is 38.5 Å². The summed E-state index contributed by atoms with van der Waals surface area (Å²) in [7, 11) is 1.65. The number of hydrogen-bond donors (Lipinski definition) is 0. The number of benzene rings is 1. The highest BCUT2D eigenvalue weighted by atomic mass is 16.5. The average Bonchev–Trinajstić information content (AvgIpc) is 3.17. The maximum Gasteiger partial charge on any atom is 0.318 e. The second kappa shape index (κ2) is 8.21. The van der Waals surface area contributed by atoms with E-state index < -0.39 is 0 Å². The Morgan fingerprint density at radius 1 is 1.15 bits per heavy atom. The lowest BCUT2D eigenvalue weighted by Gasteiger charge is -2.33. The molecule has 2 aromatic rings. The molecule has 1 aromatic carbocycles. The molecule has 2 heterocycles. The predicted octanol–water partition coefficient (Wildman–Crippen LogP) is 2.48. The summed E-state index contributed by atoms with van der Waals surface area (Å²) in [6.45, 7) is 6.84. The van der Waals surface area contributed by atoms with E-state index in [2.05, 4.69) is 10.2 Å². The Morgan fingerprint density at radius 3 is 2.42 bits per heavy atom. The molecule has 0 aliphatic carbocycles. The minimum Gasteiger partial charge on any atom is -0.497 e. The van der Waals surface area contributed by atoms with Gasteiger partial charge < -0.3 is 19.0 Å². The van der Waals surface area contributed by atoms with Crippen LogP contribution in [-0.2, 0) is 11.2 Å². The first-order chi connectivity index (χ1) is 12.6. The molecule has 3 rings (SSSR count). The third-order valence-electron chi connectivity index (χ3n) is 4.61. The average molecular weight is 358 g/mol. The van der Waals surface area contributed by atoms with Gasteiger partial charge in [0.1, 0.15) is 5.75 Å². The zero-order valence-corrected chi connectivity index (χ0v) is 15.6. The van der Waals surface area contributed by atoms with Crippen LogP contribution in [0.1, 0.15) is 37.6 Å². The topological polar surface area (TPSA) is 71.7 Å². The quantitative estimate of drug-likeness (QED) is 0.790. The predicted molar refractivity (Wildman–Crippen MR) is 98.5 cm³/mol. The number of carbonyl (C=O) groups is 1. The number of anilines is 1. The lowest BCUT2D eigenvalue weighted by atomic mass is 10.1. The molecule has 1 aliphatic heterocycles. The molecule has 140 valence electrons. The van der Waals surface area contributed by atoms with Crippen molar-refractivity contribution < 1.29 is 13.9 Å². The Morgan fingerprint density at radius 2 is 1.85 bits per heavy atom. The van der Waals surface area contributed by atoms with Gasteiger partial charge in [0.15, 0.2) is 0 Å². The maximum absolute atomic E-state index is 12.5. The van der Waals surface area contributed by atoms with Crippen LogP contribution >= 0.6 is 0 Å². The minimum atomic E-state index is 0.189. The number of aryl methyl sites for hydroxylation is 1. The van der Waals surface area contributed by atoms with Gasteiger partial charge in [-0.3, -0.25) is 4.79 Å². The van der Waals surface area contributed by atoms with Crippen LogP contribution in [0.3, 0.4) is 0 Å². The second-order valence-electron chi connectivity index (χ2n) is 6.79. The van der Waals surface area contributed by atoms with Crippen LogP contribution in [-0.4, -0.2) is 54.3 Å². The van der Waals surface area contributed by atoms with E-state index in [1.54, 1.807) is 7.11 Å². The van der Waals surface area contributed by atoms with Gasteiger partial charge in [-0.15, -0.1) is 5.10 Å². The first-order valence-electron chi connectivity index (χ1n) is 9.06. The zero-order chi connectivity index (χ0) is 18.5. The third kappa shape index (κ3) is 4.33. The van der Waals surface area contributed by atoms with E-state index in [1.165, 1.54) is 0 Å². The minimum absolute atomic E-state index is 0.189. The van der Waals surface area contributed by atoms with Crippen molar-refractivity contribution in [3.8, 4) is 5.75 Å². The molecule has 7 nitrogen and oxygen atoms in total. The Balaban J connectivity index is 1.46. The molecule has 0 saturated carbocycles. The van der Waals surface area contributed by atoms with Gasteiger partial charge >= 0.3 is 6.01 Å². The molecule has 1 fully saturated rings. The summed E-state index contributed by atoms with van der Waals surface area (Å²) in [5.74, 6) is 1.89. The van der Waals surface area contributed by atoms with E-state index >= 15 is 0 Å². The van der Waals surface area contributed by atoms with Gasteiger partial charge in [-0.05, 0) is 24.1 Å². The molecule has 1 aliphatic rings. The van der Waals surface area contributed by atoms with Gasteiger partial charge in [-0.1, -0.05) is 31.1 Å².